The molecule has 122 valence electrons. The van der Waals surface area contributed by atoms with Crippen molar-refractivity contribution < 1.29 is 14.3 Å². The van der Waals surface area contributed by atoms with Gasteiger partial charge in [0.25, 0.3) is 11.8 Å². The summed E-state index contributed by atoms with van der Waals surface area (Å²) in [7, 11) is 1.55. The maximum atomic E-state index is 12.6. The van der Waals surface area contributed by atoms with Gasteiger partial charge in [0.05, 0.1) is 19.3 Å². The maximum Gasteiger partial charge on any atom is 0.281 e. The first kappa shape index (κ1) is 16.2. The van der Waals surface area contributed by atoms with Crippen LogP contribution in [0.4, 0.5) is 5.69 Å². The number of anilines is 1. The number of amides is 2. The Morgan fingerprint density at radius 2 is 1.75 bits per heavy atom. The SMILES string of the molecule is COc1ccc(N2C(=O)C(=NCc3ccccc3)C(Cl)C2=O)cc1. The number of alkyl halides is 1. The van der Waals surface area contributed by atoms with Crippen LogP contribution in [0.15, 0.2) is 59.6 Å². The third kappa shape index (κ3) is 3.03. The molecule has 3 rings (SSSR count). The van der Waals surface area contributed by atoms with E-state index < -0.39 is 17.2 Å². The molecule has 1 saturated heterocycles. The van der Waals surface area contributed by atoms with Crippen LogP contribution in [0.1, 0.15) is 5.56 Å². The molecule has 2 aromatic carbocycles. The average molecular weight is 343 g/mol. The molecule has 1 aliphatic heterocycles. The van der Waals surface area contributed by atoms with E-state index in [0.717, 1.165) is 10.5 Å². The van der Waals surface area contributed by atoms with Gasteiger partial charge in [-0.1, -0.05) is 30.3 Å². The molecule has 0 aliphatic carbocycles. The van der Waals surface area contributed by atoms with E-state index in [2.05, 4.69) is 4.99 Å². The van der Waals surface area contributed by atoms with Crippen molar-refractivity contribution in [3.05, 3.63) is 60.2 Å². The molecule has 0 radical (unpaired) electrons. The Balaban J connectivity index is 1.85. The molecule has 1 atom stereocenters. The molecule has 0 spiro atoms. The minimum absolute atomic E-state index is 0.0707. The Kier molecular flexibility index (Phi) is 4.62. The maximum absolute atomic E-state index is 12.6. The van der Waals surface area contributed by atoms with E-state index in [1.54, 1.807) is 31.4 Å². The summed E-state index contributed by atoms with van der Waals surface area (Å²) >= 11 is 6.13. The first-order valence-corrected chi connectivity index (χ1v) is 7.80. The fraction of sp³-hybridized carbons (Fsp3) is 0.167. The van der Waals surface area contributed by atoms with Crippen molar-refractivity contribution in [2.75, 3.05) is 12.0 Å². The molecular formula is C18H15ClN2O3. The average Bonchev–Trinajstić information content (AvgIpc) is 2.83. The summed E-state index contributed by atoms with van der Waals surface area (Å²) in [6.07, 6.45) is 0. The molecule has 1 fully saturated rings. The Morgan fingerprint density at radius 1 is 1.08 bits per heavy atom. The van der Waals surface area contributed by atoms with Gasteiger partial charge in [-0.15, -0.1) is 11.6 Å². The number of hydrogen-bond acceptors (Lipinski definition) is 4. The van der Waals surface area contributed by atoms with Gasteiger partial charge in [-0.3, -0.25) is 14.6 Å². The standard InChI is InChI=1S/C18H15ClN2O3/c1-24-14-9-7-13(8-10-14)21-17(22)15(19)16(18(21)23)20-11-12-5-3-2-4-6-12/h2-10,15H,11H2,1H3. The number of benzene rings is 2. The van der Waals surface area contributed by atoms with Gasteiger partial charge in [-0.05, 0) is 29.8 Å². The zero-order valence-corrected chi connectivity index (χ0v) is 13.7. The molecule has 1 heterocycles. The summed E-state index contributed by atoms with van der Waals surface area (Å²) in [5.41, 5.74) is 1.46. The zero-order valence-electron chi connectivity index (χ0n) is 13.0. The third-order valence-electron chi connectivity index (χ3n) is 3.70. The second-order valence-corrected chi connectivity index (χ2v) is 5.66. The van der Waals surface area contributed by atoms with Gasteiger partial charge in [-0.25, -0.2) is 4.90 Å². The van der Waals surface area contributed by atoms with Gasteiger partial charge < -0.3 is 4.74 Å². The number of rotatable bonds is 4. The first-order valence-electron chi connectivity index (χ1n) is 7.36. The predicted octanol–water partition coefficient (Wildman–Crippen LogP) is 2.82. The fourth-order valence-corrected chi connectivity index (χ4v) is 2.70. The number of halogens is 1. The second kappa shape index (κ2) is 6.84. The monoisotopic (exact) mass is 342 g/mol. The molecule has 1 aliphatic rings. The molecule has 1 unspecified atom stereocenters. The van der Waals surface area contributed by atoms with E-state index in [4.69, 9.17) is 16.3 Å². The van der Waals surface area contributed by atoms with Crippen LogP contribution in [0, 0.1) is 0 Å². The third-order valence-corrected chi connectivity index (χ3v) is 4.10. The molecule has 2 aromatic rings. The van der Waals surface area contributed by atoms with Crippen molar-refractivity contribution in [1.82, 2.24) is 0 Å². The Bertz CT molecular complexity index is 788. The topological polar surface area (TPSA) is 59.0 Å². The highest BCUT2D eigenvalue weighted by atomic mass is 35.5. The summed E-state index contributed by atoms with van der Waals surface area (Å²) < 4.78 is 5.08. The van der Waals surface area contributed by atoms with Gasteiger partial charge in [-0.2, -0.15) is 0 Å². The summed E-state index contributed by atoms with van der Waals surface area (Å²) in [5, 5.41) is -1.07. The van der Waals surface area contributed by atoms with E-state index in [0.29, 0.717) is 18.0 Å². The number of carbonyl (C=O) groups excluding carboxylic acids is 2. The lowest BCUT2D eigenvalue weighted by Gasteiger charge is -2.13. The van der Waals surface area contributed by atoms with E-state index in [1.165, 1.54) is 0 Å². The number of methoxy groups -OCH3 is 1. The number of hydrogen-bond donors (Lipinski definition) is 0. The van der Waals surface area contributed by atoms with Crippen molar-refractivity contribution in [1.29, 1.82) is 0 Å². The van der Waals surface area contributed by atoms with Crippen LogP contribution in [0.3, 0.4) is 0 Å². The summed E-state index contributed by atoms with van der Waals surface area (Å²) in [5.74, 6) is -0.335. The lowest BCUT2D eigenvalue weighted by atomic mass is 10.2. The lowest BCUT2D eigenvalue weighted by molar-refractivity contribution is -0.120. The van der Waals surface area contributed by atoms with Crippen LogP contribution in [-0.2, 0) is 16.1 Å². The quantitative estimate of drug-likeness (QED) is 0.634. The molecule has 5 nitrogen and oxygen atoms in total. The smallest absolute Gasteiger partial charge is 0.281 e. The Labute approximate surface area is 144 Å². The lowest BCUT2D eigenvalue weighted by Crippen LogP contribution is -2.31. The van der Waals surface area contributed by atoms with Crippen molar-refractivity contribution in [2.24, 2.45) is 4.99 Å². The molecule has 24 heavy (non-hydrogen) atoms. The normalized spacial score (nSPS) is 19.2. The second-order valence-electron chi connectivity index (χ2n) is 5.23. The summed E-state index contributed by atoms with van der Waals surface area (Å²) in [6.45, 7) is 0.300. The van der Waals surface area contributed by atoms with Crippen LogP contribution in [0.25, 0.3) is 0 Å². The van der Waals surface area contributed by atoms with Crippen molar-refractivity contribution in [3.8, 4) is 5.75 Å². The van der Waals surface area contributed by atoms with Crippen LogP contribution in [0.5, 0.6) is 5.75 Å². The van der Waals surface area contributed by atoms with Crippen molar-refractivity contribution in [3.63, 3.8) is 0 Å². The highest BCUT2D eigenvalue weighted by molar-refractivity contribution is 6.68. The number of carbonyl (C=O) groups is 2. The number of nitrogens with zero attached hydrogens (tertiary/aromatic N) is 2. The number of aliphatic imine (C=N–C) groups is 1. The van der Waals surface area contributed by atoms with Gasteiger partial charge in [0.2, 0.25) is 0 Å². The fourth-order valence-electron chi connectivity index (χ4n) is 2.44. The predicted molar refractivity (Wildman–Crippen MR) is 92.7 cm³/mol. The first-order chi connectivity index (χ1) is 11.6. The minimum atomic E-state index is -1.07. The zero-order chi connectivity index (χ0) is 17.1. The molecule has 6 heteroatoms. The molecule has 0 aromatic heterocycles. The number of ether oxygens (including phenoxy) is 1. The van der Waals surface area contributed by atoms with E-state index in [9.17, 15) is 9.59 Å². The van der Waals surface area contributed by atoms with Crippen LogP contribution >= 0.6 is 11.6 Å². The van der Waals surface area contributed by atoms with Gasteiger partial charge in [0, 0.05) is 0 Å². The minimum Gasteiger partial charge on any atom is -0.497 e. The van der Waals surface area contributed by atoms with E-state index >= 15 is 0 Å². The number of imide groups is 1. The largest absolute Gasteiger partial charge is 0.497 e. The van der Waals surface area contributed by atoms with Crippen molar-refractivity contribution >= 4 is 34.8 Å². The van der Waals surface area contributed by atoms with Crippen LogP contribution in [0.2, 0.25) is 0 Å². The Hall–Kier alpha value is -2.66. The van der Waals surface area contributed by atoms with E-state index in [1.807, 2.05) is 30.3 Å². The van der Waals surface area contributed by atoms with Gasteiger partial charge >= 0.3 is 0 Å². The highest BCUT2D eigenvalue weighted by Crippen LogP contribution is 2.26. The van der Waals surface area contributed by atoms with Crippen LogP contribution < -0.4 is 9.64 Å². The van der Waals surface area contributed by atoms with E-state index in [-0.39, 0.29) is 5.71 Å². The van der Waals surface area contributed by atoms with Gasteiger partial charge in [0.1, 0.15) is 11.5 Å². The Morgan fingerprint density at radius 3 is 2.38 bits per heavy atom. The van der Waals surface area contributed by atoms with Gasteiger partial charge in [0.15, 0.2) is 5.38 Å². The molecule has 0 saturated carbocycles. The summed E-state index contributed by atoms with van der Waals surface area (Å²) in [4.78, 5) is 30.2. The molecule has 2 amide bonds. The highest BCUT2D eigenvalue weighted by Gasteiger charge is 2.44. The molecular weight excluding hydrogens is 328 g/mol. The van der Waals surface area contributed by atoms with Crippen LogP contribution in [-0.4, -0.2) is 30.0 Å². The van der Waals surface area contributed by atoms with Crippen molar-refractivity contribution in [2.45, 2.75) is 11.9 Å². The summed E-state index contributed by atoms with van der Waals surface area (Å²) in [6, 6.07) is 16.1. The molecule has 0 N–H and O–H groups in total. The molecule has 0 bridgehead atoms.